The number of carbonyl (C=O) groups is 1. The highest BCUT2D eigenvalue weighted by atomic mass is 35.5. The van der Waals surface area contributed by atoms with E-state index in [-0.39, 0.29) is 0 Å². The number of esters is 1. The first kappa shape index (κ1) is 17.9. The first-order chi connectivity index (χ1) is 11.6. The van der Waals surface area contributed by atoms with Gasteiger partial charge in [0.05, 0.1) is 18.7 Å². The maximum absolute atomic E-state index is 11.9. The van der Waals surface area contributed by atoms with Crippen LogP contribution in [0.15, 0.2) is 48.5 Å². The Bertz CT molecular complexity index is 725. The van der Waals surface area contributed by atoms with E-state index in [9.17, 15) is 4.79 Å². The Labute approximate surface area is 146 Å². The molecule has 0 fully saturated rings. The Balaban J connectivity index is 2.05. The zero-order valence-corrected chi connectivity index (χ0v) is 14.4. The molecular formula is C19H19ClO4. The molecule has 0 unspecified atom stereocenters. The van der Waals surface area contributed by atoms with Crippen LogP contribution in [0.3, 0.4) is 0 Å². The Morgan fingerprint density at radius 1 is 1.12 bits per heavy atom. The Morgan fingerprint density at radius 3 is 2.62 bits per heavy atom. The van der Waals surface area contributed by atoms with Gasteiger partial charge < -0.3 is 14.2 Å². The second-order valence-corrected chi connectivity index (χ2v) is 5.35. The van der Waals surface area contributed by atoms with Gasteiger partial charge in [0.15, 0.2) is 11.5 Å². The highest BCUT2D eigenvalue weighted by molar-refractivity contribution is 6.32. The van der Waals surface area contributed by atoms with E-state index in [2.05, 4.69) is 0 Å². The first-order valence-electron chi connectivity index (χ1n) is 7.59. The number of rotatable bonds is 7. The molecular weight excluding hydrogens is 328 g/mol. The Hall–Kier alpha value is -2.46. The van der Waals surface area contributed by atoms with Crippen molar-refractivity contribution in [2.45, 2.75) is 13.3 Å². The van der Waals surface area contributed by atoms with E-state index in [1.807, 2.05) is 19.1 Å². The topological polar surface area (TPSA) is 44.8 Å². The monoisotopic (exact) mass is 346 g/mol. The summed E-state index contributed by atoms with van der Waals surface area (Å²) in [5.41, 5.74) is 0.798. The molecule has 0 saturated carbocycles. The minimum atomic E-state index is -0.506. The van der Waals surface area contributed by atoms with Crippen LogP contribution in [0.2, 0.25) is 5.02 Å². The molecule has 0 spiro atoms. The van der Waals surface area contributed by atoms with Gasteiger partial charge in [0.2, 0.25) is 0 Å². The fourth-order valence-electron chi connectivity index (χ4n) is 1.95. The van der Waals surface area contributed by atoms with Crippen molar-refractivity contribution < 1.29 is 19.0 Å². The van der Waals surface area contributed by atoms with E-state index in [4.69, 9.17) is 25.8 Å². The second kappa shape index (κ2) is 8.99. The quantitative estimate of drug-likeness (QED) is 0.412. The van der Waals surface area contributed by atoms with Crippen LogP contribution in [0.4, 0.5) is 0 Å². The van der Waals surface area contributed by atoms with Gasteiger partial charge in [0, 0.05) is 6.08 Å². The number of halogens is 1. The lowest BCUT2D eigenvalue weighted by Crippen LogP contribution is -2.04. The molecule has 0 atom stereocenters. The third kappa shape index (κ3) is 5.03. The van der Waals surface area contributed by atoms with E-state index in [0.29, 0.717) is 28.9 Å². The molecule has 2 rings (SSSR count). The van der Waals surface area contributed by atoms with Crippen molar-refractivity contribution in [2.24, 2.45) is 0 Å². The zero-order chi connectivity index (χ0) is 17.4. The van der Waals surface area contributed by atoms with Crippen LogP contribution in [-0.4, -0.2) is 19.7 Å². The molecule has 126 valence electrons. The lowest BCUT2D eigenvalue weighted by Gasteiger charge is -2.10. The smallest absolute Gasteiger partial charge is 0.336 e. The molecule has 0 heterocycles. The van der Waals surface area contributed by atoms with Gasteiger partial charge in [-0.25, -0.2) is 4.79 Å². The van der Waals surface area contributed by atoms with Crippen molar-refractivity contribution in [2.75, 3.05) is 13.7 Å². The summed E-state index contributed by atoms with van der Waals surface area (Å²) >= 11 is 5.95. The maximum Gasteiger partial charge on any atom is 0.336 e. The predicted molar refractivity (Wildman–Crippen MR) is 94.9 cm³/mol. The summed E-state index contributed by atoms with van der Waals surface area (Å²) in [6, 6.07) is 12.3. The average Bonchev–Trinajstić information content (AvgIpc) is 2.60. The molecule has 0 bridgehead atoms. The zero-order valence-electron chi connectivity index (χ0n) is 13.6. The number of methoxy groups -OCH3 is 1. The summed E-state index contributed by atoms with van der Waals surface area (Å²) in [7, 11) is 1.58. The molecule has 0 N–H and O–H groups in total. The summed E-state index contributed by atoms with van der Waals surface area (Å²) in [6.07, 6.45) is 3.90. The van der Waals surface area contributed by atoms with Gasteiger partial charge >= 0.3 is 5.97 Å². The van der Waals surface area contributed by atoms with Crippen molar-refractivity contribution in [1.29, 1.82) is 0 Å². The summed E-state index contributed by atoms with van der Waals surface area (Å²) < 4.78 is 16.1. The van der Waals surface area contributed by atoms with Crippen LogP contribution in [-0.2, 0) is 4.79 Å². The molecule has 0 radical (unpaired) electrons. The van der Waals surface area contributed by atoms with Crippen LogP contribution in [0.5, 0.6) is 17.2 Å². The maximum atomic E-state index is 11.9. The lowest BCUT2D eigenvalue weighted by atomic mass is 10.2. The minimum Gasteiger partial charge on any atom is -0.493 e. The molecule has 4 nitrogen and oxygen atoms in total. The van der Waals surface area contributed by atoms with E-state index in [0.717, 1.165) is 12.0 Å². The van der Waals surface area contributed by atoms with Gasteiger partial charge in [-0.3, -0.25) is 0 Å². The van der Waals surface area contributed by atoms with Gasteiger partial charge in [0.1, 0.15) is 5.75 Å². The van der Waals surface area contributed by atoms with Crippen LogP contribution in [0.25, 0.3) is 6.08 Å². The molecule has 5 heteroatoms. The van der Waals surface area contributed by atoms with E-state index < -0.39 is 5.97 Å². The standard InChI is InChI=1S/C19H19ClO4/c1-3-12-23-17-10-8-14(13-18(17)22-2)9-11-19(21)24-16-7-5-4-6-15(16)20/h4-11,13H,3,12H2,1-2H3/b11-9+. The fraction of sp³-hybridized carbons (Fsp3) is 0.211. The van der Waals surface area contributed by atoms with E-state index in [1.165, 1.54) is 6.08 Å². The van der Waals surface area contributed by atoms with Gasteiger partial charge in [-0.15, -0.1) is 0 Å². The molecule has 0 aliphatic rings. The molecule has 2 aromatic rings. The third-order valence-electron chi connectivity index (χ3n) is 3.11. The molecule has 0 aromatic heterocycles. The number of hydrogen-bond donors (Lipinski definition) is 0. The second-order valence-electron chi connectivity index (χ2n) is 4.94. The predicted octanol–water partition coefficient (Wildman–Crippen LogP) is 4.76. The highest BCUT2D eigenvalue weighted by Crippen LogP contribution is 2.29. The third-order valence-corrected chi connectivity index (χ3v) is 3.42. The van der Waals surface area contributed by atoms with Crippen LogP contribution >= 0.6 is 11.6 Å². The highest BCUT2D eigenvalue weighted by Gasteiger charge is 2.06. The summed E-state index contributed by atoms with van der Waals surface area (Å²) in [5.74, 6) is 1.11. The lowest BCUT2D eigenvalue weighted by molar-refractivity contribution is -0.128. The van der Waals surface area contributed by atoms with Crippen molar-refractivity contribution in [3.05, 3.63) is 59.1 Å². The average molecular weight is 347 g/mol. The van der Waals surface area contributed by atoms with Crippen molar-refractivity contribution in [3.8, 4) is 17.2 Å². The van der Waals surface area contributed by atoms with E-state index >= 15 is 0 Å². The van der Waals surface area contributed by atoms with Crippen molar-refractivity contribution >= 4 is 23.6 Å². The van der Waals surface area contributed by atoms with E-state index in [1.54, 1.807) is 43.5 Å². The molecule has 24 heavy (non-hydrogen) atoms. The normalized spacial score (nSPS) is 10.6. The number of ether oxygens (including phenoxy) is 3. The molecule has 0 amide bonds. The summed E-state index contributed by atoms with van der Waals surface area (Å²) in [5, 5.41) is 0.387. The molecule has 0 aliphatic carbocycles. The van der Waals surface area contributed by atoms with Crippen LogP contribution < -0.4 is 14.2 Å². The van der Waals surface area contributed by atoms with Gasteiger partial charge in [-0.1, -0.05) is 36.7 Å². The van der Waals surface area contributed by atoms with Gasteiger partial charge in [-0.2, -0.15) is 0 Å². The SMILES string of the molecule is CCCOc1ccc(/C=C/C(=O)Oc2ccccc2Cl)cc1OC. The van der Waals surface area contributed by atoms with Crippen LogP contribution in [0, 0.1) is 0 Å². The van der Waals surface area contributed by atoms with Crippen molar-refractivity contribution in [1.82, 2.24) is 0 Å². The van der Waals surface area contributed by atoms with Gasteiger partial charge in [0.25, 0.3) is 0 Å². The molecule has 0 aliphatic heterocycles. The largest absolute Gasteiger partial charge is 0.493 e. The molecule has 2 aromatic carbocycles. The summed E-state index contributed by atoms with van der Waals surface area (Å²) in [4.78, 5) is 11.9. The molecule has 0 saturated heterocycles. The fourth-order valence-corrected chi connectivity index (χ4v) is 2.13. The summed E-state index contributed by atoms with van der Waals surface area (Å²) in [6.45, 7) is 2.66. The number of hydrogen-bond acceptors (Lipinski definition) is 4. The number of benzene rings is 2. The minimum absolute atomic E-state index is 0.328. The van der Waals surface area contributed by atoms with Gasteiger partial charge in [-0.05, 0) is 42.3 Å². The first-order valence-corrected chi connectivity index (χ1v) is 7.97. The Kier molecular flexibility index (Phi) is 6.70. The number of para-hydroxylation sites is 1. The number of carbonyl (C=O) groups excluding carboxylic acids is 1. The Morgan fingerprint density at radius 2 is 1.92 bits per heavy atom. The van der Waals surface area contributed by atoms with Crippen molar-refractivity contribution in [3.63, 3.8) is 0 Å². The van der Waals surface area contributed by atoms with Crippen LogP contribution in [0.1, 0.15) is 18.9 Å².